The number of carboxylic acid groups (broad SMARTS) is 1. The van der Waals surface area contributed by atoms with Crippen LogP contribution in [0.1, 0.15) is 5.56 Å². The Morgan fingerprint density at radius 2 is 1.95 bits per heavy atom. The van der Waals surface area contributed by atoms with Gasteiger partial charge in [0.1, 0.15) is 5.65 Å². The maximum atomic E-state index is 10.7. The number of rotatable bonds is 2. The van der Waals surface area contributed by atoms with Crippen molar-refractivity contribution < 1.29 is 14.6 Å². The summed E-state index contributed by atoms with van der Waals surface area (Å²) in [5.41, 5.74) is 2.64. The van der Waals surface area contributed by atoms with Gasteiger partial charge in [-0.2, -0.15) is 5.26 Å². The number of hydrogen-bond donors (Lipinski definition) is 1. The summed E-state index contributed by atoms with van der Waals surface area (Å²) >= 11 is 0. The number of aromatic nitrogens is 2. The van der Waals surface area contributed by atoms with E-state index in [1.165, 1.54) is 0 Å². The summed E-state index contributed by atoms with van der Waals surface area (Å²) in [6.07, 6.45) is 0.311. The third-order valence-electron chi connectivity index (χ3n) is 2.96. The van der Waals surface area contributed by atoms with Crippen LogP contribution in [-0.2, 0) is 0 Å². The molecule has 22 heavy (non-hydrogen) atoms. The quantitative estimate of drug-likeness (QED) is 0.707. The van der Waals surface area contributed by atoms with Gasteiger partial charge in [0.05, 0.1) is 17.3 Å². The first-order valence-electron chi connectivity index (χ1n) is 6.07. The van der Waals surface area contributed by atoms with Crippen molar-refractivity contribution in [3.05, 3.63) is 54.2 Å². The van der Waals surface area contributed by atoms with Crippen molar-refractivity contribution in [2.45, 2.75) is 0 Å². The predicted octanol–water partition coefficient (Wildman–Crippen LogP) is 3.51. The van der Waals surface area contributed by atoms with Gasteiger partial charge in [0, 0.05) is 11.8 Å². The van der Waals surface area contributed by atoms with Gasteiger partial charge < -0.3 is 9.84 Å². The lowest BCUT2D eigenvalue weighted by atomic mass is 10.1. The Hall–Kier alpha value is -2.85. The highest BCUT2D eigenvalue weighted by Crippen LogP contribution is 2.23. The molecule has 0 radical (unpaired) electrons. The van der Waals surface area contributed by atoms with Gasteiger partial charge in [-0.05, 0) is 24.3 Å². The van der Waals surface area contributed by atoms with Gasteiger partial charge in [0.2, 0.25) is 5.88 Å². The van der Waals surface area contributed by atoms with E-state index in [0.29, 0.717) is 16.9 Å². The second kappa shape index (κ2) is 6.28. The maximum Gasteiger partial charge on any atom is 0.512 e. The van der Waals surface area contributed by atoms with Crippen LogP contribution in [0, 0.1) is 11.3 Å². The molecule has 6 nitrogen and oxygen atoms in total. The molecular formula is C15H10BrN3O3. The zero-order chi connectivity index (χ0) is 14.8. The molecule has 0 atom stereocenters. The summed E-state index contributed by atoms with van der Waals surface area (Å²) < 4.78 is 6.27. The fraction of sp³-hybridized carbons (Fsp3) is 0. The molecule has 2 aromatic heterocycles. The van der Waals surface area contributed by atoms with Crippen LogP contribution >= 0.6 is 17.0 Å². The summed E-state index contributed by atoms with van der Waals surface area (Å²) in [5.74, 6) is 0.174. The lowest BCUT2D eigenvalue weighted by Crippen LogP contribution is -2.06. The van der Waals surface area contributed by atoms with E-state index >= 15 is 0 Å². The Morgan fingerprint density at radius 1 is 1.23 bits per heavy atom. The van der Waals surface area contributed by atoms with E-state index in [9.17, 15) is 4.79 Å². The predicted molar refractivity (Wildman–Crippen MR) is 84.3 cm³/mol. The number of nitriles is 1. The highest BCUT2D eigenvalue weighted by Gasteiger charge is 2.10. The maximum absolute atomic E-state index is 10.7. The number of nitrogens with zero attached hydrogens (tertiary/aromatic N) is 3. The number of ether oxygens (including phenoxy) is 1. The molecule has 0 fully saturated rings. The number of carbonyl (C=O) groups is 1. The average Bonchev–Trinajstić information content (AvgIpc) is 2.92. The third kappa shape index (κ3) is 2.92. The lowest BCUT2D eigenvalue weighted by molar-refractivity contribution is 0.142. The van der Waals surface area contributed by atoms with Crippen LogP contribution in [0.3, 0.4) is 0 Å². The minimum Gasteiger partial charge on any atom is -0.449 e. The minimum absolute atomic E-state index is 0. The number of hydrogen-bond acceptors (Lipinski definition) is 4. The molecule has 0 saturated heterocycles. The van der Waals surface area contributed by atoms with Crippen LogP contribution in [0.4, 0.5) is 4.79 Å². The molecule has 0 amide bonds. The van der Waals surface area contributed by atoms with Crippen LogP contribution < -0.4 is 4.74 Å². The number of imidazole rings is 1. The fourth-order valence-electron chi connectivity index (χ4n) is 2.01. The average molecular weight is 360 g/mol. The second-order valence-corrected chi connectivity index (χ2v) is 4.28. The zero-order valence-electron chi connectivity index (χ0n) is 11.1. The highest BCUT2D eigenvalue weighted by molar-refractivity contribution is 8.93. The van der Waals surface area contributed by atoms with E-state index in [1.54, 1.807) is 53.1 Å². The van der Waals surface area contributed by atoms with Crippen molar-refractivity contribution in [1.82, 2.24) is 9.38 Å². The molecule has 0 saturated carbocycles. The highest BCUT2D eigenvalue weighted by atomic mass is 79.9. The van der Waals surface area contributed by atoms with E-state index in [0.717, 1.165) is 5.56 Å². The molecule has 0 aliphatic rings. The Morgan fingerprint density at radius 3 is 2.59 bits per heavy atom. The molecule has 0 aliphatic heterocycles. The van der Waals surface area contributed by atoms with E-state index in [4.69, 9.17) is 15.1 Å². The Kier molecular flexibility index (Phi) is 4.44. The van der Waals surface area contributed by atoms with Gasteiger partial charge in [0.15, 0.2) is 0 Å². The molecule has 0 aliphatic carbocycles. The molecule has 0 spiro atoms. The summed E-state index contributed by atoms with van der Waals surface area (Å²) in [5, 5.41) is 17.5. The first-order chi connectivity index (χ1) is 10.2. The molecule has 7 heteroatoms. The molecule has 1 aromatic carbocycles. The monoisotopic (exact) mass is 359 g/mol. The van der Waals surface area contributed by atoms with Crippen molar-refractivity contribution in [2.75, 3.05) is 0 Å². The normalized spacial score (nSPS) is 9.77. The fourth-order valence-corrected chi connectivity index (χ4v) is 2.01. The van der Waals surface area contributed by atoms with Crippen molar-refractivity contribution >= 4 is 28.8 Å². The van der Waals surface area contributed by atoms with Crippen molar-refractivity contribution in [1.29, 1.82) is 5.26 Å². The summed E-state index contributed by atoms with van der Waals surface area (Å²) in [7, 11) is 0. The van der Waals surface area contributed by atoms with E-state index in [-0.39, 0.29) is 22.9 Å². The van der Waals surface area contributed by atoms with Gasteiger partial charge in [-0.1, -0.05) is 18.2 Å². The number of pyridine rings is 1. The minimum atomic E-state index is -1.38. The van der Waals surface area contributed by atoms with Crippen LogP contribution in [0.15, 0.2) is 48.7 Å². The Labute approximate surface area is 136 Å². The zero-order valence-corrected chi connectivity index (χ0v) is 12.8. The largest absolute Gasteiger partial charge is 0.512 e. The summed E-state index contributed by atoms with van der Waals surface area (Å²) in [6.45, 7) is 0. The van der Waals surface area contributed by atoms with Gasteiger partial charge in [-0.3, -0.25) is 4.40 Å². The summed E-state index contributed by atoms with van der Waals surface area (Å²) in [6, 6.07) is 14.0. The molecule has 0 bridgehead atoms. The van der Waals surface area contributed by atoms with Crippen molar-refractivity contribution in [2.24, 2.45) is 0 Å². The lowest BCUT2D eigenvalue weighted by Gasteiger charge is -2.01. The Bertz CT molecular complexity index is 866. The van der Waals surface area contributed by atoms with E-state index in [1.807, 2.05) is 0 Å². The molecule has 1 N–H and O–H groups in total. The summed E-state index contributed by atoms with van der Waals surface area (Å²) in [4.78, 5) is 15.1. The third-order valence-corrected chi connectivity index (χ3v) is 2.96. The molecule has 0 unspecified atom stereocenters. The smallest absolute Gasteiger partial charge is 0.449 e. The van der Waals surface area contributed by atoms with Crippen LogP contribution in [-0.4, -0.2) is 20.6 Å². The van der Waals surface area contributed by atoms with Crippen LogP contribution in [0.2, 0.25) is 0 Å². The molecule has 3 rings (SSSR count). The van der Waals surface area contributed by atoms with Gasteiger partial charge in [-0.25, -0.2) is 9.78 Å². The first kappa shape index (κ1) is 15.5. The topological polar surface area (TPSA) is 87.6 Å². The van der Waals surface area contributed by atoms with Gasteiger partial charge >= 0.3 is 6.16 Å². The number of benzene rings is 1. The van der Waals surface area contributed by atoms with Crippen molar-refractivity contribution in [3.63, 3.8) is 0 Å². The van der Waals surface area contributed by atoms with E-state index in [2.05, 4.69) is 11.1 Å². The second-order valence-electron chi connectivity index (χ2n) is 4.28. The first-order valence-corrected chi connectivity index (χ1v) is 6.07. The van der Waals surface area contributed by atoms with Gasteiger partial charge in [-0.15, -0.1) is 17.0 Å². The Balaban J connectivity index is 0.00000176. The number of halogens is 1. The van der Waals surface area contributed by atoms with Crippen molar-refractivity contribution in [3.8, 4) is 23.2 Å². The van der Waals surface area contributed by atoms with Gasteiger partial charge in [0.25, 0.3) is 0 Å². The molecule has 2 heterocycles. The molecule has 3 aromatic rings. The molecular weight excluding hydrogens is 350 g/mol. The van der Waals surface area contributed by atoms with E-state index < -0.39 is 6.16 Å². The molecule has 110 valence electrons. The van der Waals surface area contributed by atoms with Crippen LogP contribution in [0.25, 0.3) is 16.9 Å². The standard InChI is InChI=1S/C15H9N3O3.BrH/c16-8-10-4-6-11(7-5-10)12-9-18-13(17-12)2-1-3-14(18)21-15(19)20;/h1-7,9H,(H,19,20);1H. The van der Waals surface area contributed by atoms with Crippen LogP contribution in [0.5, 0.6) is 5.88 Å². The SMILES string of the molecule is Br.N#Cc1ccc(-c2cn3c(OC(=O)O)cccc3n2)cc1. The number of fused-ring (bicyclic) bond motifs is 1.